The maximum absolute atomic E-state index is 12.2. The van der Waals surface area contributed by atoms with E-state index in [4.69, 9.17) is 5.26 Å². The number of hydrogen-bond donors (Lipinski definition) is 0. The third kappa shape index (κ3) is 1.82. The van der Waals surface area contributed by atoms with Crippen LogP contribution in [-0.2, 0) is 13.1 Å². The largest absolute Gasteiger partial charge is 0.246 e. The fraction of sp³-hybridized carbons (Fsp3) is 0.300. The smallest absolute Gasteiger partial charge is 0.115 e. The highest BCUT2D eigenvalue weighted by molar-refractivity contribution is 5.32. The van der Waals surface area contributed by atoms with Crippen molar-refractivity contribution in [3.05, 3.63) is 34.9 Å². The average molecular weight is 163 g/mol. The first-order chi connectivity index (χ1) is 5.77. The number of halogens is 1. The molecule has 0 spiro atoms. The SMILES string of the molecule is Cc1ccc(CF)cc1CC#N. The molecule has 0 unspecified atom stereocenters. The van der Waals surface area contributed by atoms with Gasteiger partial charge in [-0.05, 0) is 23.6 Å². The highest BCUT2D eigenvalue weighted by atomic mass is 19.1. The first kappa shape index (κ1) is 8.73. The number of alkyl halides is 1. The van der Waals surface area contributed by atoms with Crippen molar-refractivity contribution in [2.24, 2.45) is 0 Å². The zero-order valence-corrected chi connectivity index (χ0v) is 6.97. The minimum absolute atomic E-state index is 0.361. The zero-order chi connectivity index (χ0) is 8.97. The van der Waals surface area contributed by atoms with Gasteiger partial charge >= 0.3 is 0 Å². The summed E-state index contributed by atoms with van der Waals surface area (Å²) in [6.45, 7) is 1.47. The summed E-state index contributed by atoms with van der Waals surface area (Å²) in [6, 6.07) is 7.40. The molecular formula is C10H10FN. The summed E-state index contributed by atoms with van der Waals surface area (Å²) in [7, 11) is 0. The standard InChI is InChI=1S/C10H10FN/c1-8-2-3-9(7-11)6-10(8)4-5-12/h2-3,6H,4,7H2,1H3. The van der Waals surface area contributed by atoms with Crippen LogP contribution in [0.5, 0.6) is 0 Å². The molecule has 1 rings (SSSR count). The average Bonchev–Trinajstić information content (AvgIpc) is 2.09. The Balaban J connectivity index is 3.01. The molecule has 0 amide bonds. The van der Waals surface area contributed by atoms with Crippen molar-refractivity contribution in [3.63, 3.8) is 0 Å². The summed E-state index contributed by atoms with van der Waals surface area (Å²) in [5, 5.41) is 8.46. The van der Waals surface area contributed by atoms with Crippen LogP contribution in [0, 0.1) is 18.3 Å². The second kappa shape index (κ2) is 3.87. The highest BCUT2D eigenvalue weighted by Crippen LogP contribution is 2.12. The molecular weight excluding hydrogens is 153 g/mol. The molecule has 0 aromatic heterocycles. The first-order valence-corrected chi connectivity index (χ1v) is 3.79. The lowest BCUT2D eigenvalue weighted by Gasteiger charge is -2.02. The van der Waals surface area contributed by atoms with Crippen LogP contribution in [-0.4, -0.2) is 0 Å². The predicted octanol–water partition coefficient (Wildman–Crippen LogP) is 2.53. The maximum Gasteiger partial charge on any atom is 0.115 e. The van der Waals surface area contributed by atoms with Crippen molar-refractivity contribution in [1.29, 1.82) is 5.26 Å². The Labute approximate surface area is 71.4 Å². The zero-order valence-electron chi connectivity index (χ0n) is 6.97. The summed E-state index contributed by atoms with van der Waals surface area (Å²) in [5.41, 5.74) is 2.62. The van der Waals surface area contributed by atoms with Crippen molar-refractivity contribution in [2.75, 3.05) is 0 Å². The van der Waals surface area contributed by atoms with Gasteiger partial charge in [0.05, 0.1) is 12.5 Å². The van der Waals surface area contributed by atoms with E-state index in [1.54, 1.807) is 12.1 Å². The van der Waals surface area contributed by atoms with E-state index in [9.17, 15) is 4.39 Å². The fourth-order valence-corrected chi connectivity index (χ4v) is 1.08. The van der Waals surface area contributed by atoms with Crippen LogP contribution in [0.25, 0.3) is 0 Å². The normalized spacial score (nSPS) is 9.42. The molecule has 0 saturated heterocycles. The van der Waals surface area contributed by atoms with Gasteiger partial charge in [-0.1, -0.05) is 18.2 Å². The summed E-state index contributed by atoms with van der Waals surface area (Å²) in [5.74, 6) is 0. The van der Waals surface area contributed by atoms with E-state index in [1.807, 2.05) is 13.0 Å². The Kier molecular flexibility index (Phi) is 2.82. The molecule has 0 aliphatic rings. The fourth-order valence-electron chi connectivity index (χ4n) is 1.08. The van der Waals surface area contributed by atoms with Gasteiger partial charge in [-0.3, -0.25) is 0 Å². The van der Waals surface area contributed by atoms with Gasteiger partial charge in [0.1, 0.15) is 6.67 Å². The second-order valence-corrected chi connectivity index (χ2v) is 2.73. The highest BCUT2D eigenvalue weighted by Gasteiger charge is 1.99. The summed E-state index contributed by atoms with van der Waals surface area (Å²) < 4.78 is 12.2. The number of aryl methyl sites for hydroxylation is 1. The third-order valence-electron chi connectivity index (χ3n) is 1.84. The minimum Gasteiger partial charge on any atom is -0.246 e. The van der Waals surface area contributed by atoms with E-state index in [2.05, 4.69) is 6.07 Å². The number of nitrogens with zero attached hydrogens (tertiary/aromatic N) is 1. The van der Waals surface area contributed by atoms with Crippen LogP contribution in [0.15, 0.2) is 18.2 Å². The van der Waals surface area contributed by atoms with E-state index in [-0.39, 0.29) is 0 Å². The number of benzene rings is 1. The monoisotopic (exact) mass is 163 g/mol. The van der Waals surface area contributed by atoms with Crippen LogP contribution in [0.3, 0.4) is 0 Å². The second-order valence-electron chi connectivity index (χ2n) is 2.73. The van der Waals surface area contributed by atoms with Crippen LogP contribution in [0.4, 0.5) is 4.39 Å². The van der Waals surface area contributed by atoms with E-state index in [1.165, 1.54) is 0 Å². The molecule has 1 aromatic rings. The molecule has 1 nitrogen and oxygen atoms in total. The Morgan fingerprint density at radius 1 is 1.50 bits per heavy atom. The van der Waals surface area contributed by atoms with Crippen molar-refractivity contribution in [1.82, 2.24) is 0 Å². The van der Waals surface area contributed by atoms with Gasteiger partial charge in [-0.25, -0.2) is 4.39 Å². The molecule has 0 N–H and O–H groups in total. The lowest BCUT2D eigenvalue weighted by molar-refractivity contribution is 0.485. The van der Waals surface area contributed by atoms with Crippen molar-refractivity contribution in [2.45, 2.75) is 20.0 Å². The van der Waals surface area contributed by atoms with Gasteiger partial charge < -0.3 is 0 Å². The summed E-state index contributed by atoms with van der Waals surface area (Å²) in [6.07, 6.45) is 0.361. The van der Waals surface area contributed by atoms with Gasteiger partial charge in [0.2, 0.25) is 0 Å². The maximum atomic E-state index is 12.2. The molecule has 62 valence electrons. The Bertz CT molecular complexity index is 312. The number of nitriles is 1. The summed E-state index contributed by atoms with van der Waals surface area (Å²) >= 11 is 0. The van der Waals surface area contributed by atoms with Gasteiger partial charge in [-0.2, -0.15) is 5.26 Å². The Morgan fingerprint density at radius 2 is 2.25 bits per heavy atom. The minimum atomic E-state index is -0.460. The Morgan fingerprint density at radius 3 is 2.83 bits per heavy atom. The molecule has 0 atom stereocenters. The van der Waals surface area contributed by atoms with Crippen LogP contribution in [0.2, 0.25) is 0 Å². The van der Waals surface area contributed by atoms with E-state index in [0.717, 1.165) is 11.1 Å². The Hall–Kier alpha value is -1.36. The van der Waals surface area contributed by atoms with Gasteiger partial charge in [0, 0.05) is 0 Å². The molecule has 0 fully saturated rings. The van der Waals surface area contributed by atoms with E-state index in [0.29, 0.717) is 12.0 Å². The van der Waals surface area contributed by atoms with Gasteiger partial charge in [-0.15, -0.1) is 0 Å². The molecule has 0 heterocycles. The number of hydrogen-bond acceptors (Lipinski definition) is 1. The summed E-state index contributed by atoms with van der Waals surface area (Å²) in [4.78, 5) is 0. The lowest BCUT2D eigenvalue weighted by Crippen LogP contribution is -1.89. The van der Waals surface area contributed by atoms with E-state index < -0.39 is 6.67 Å². The van der Waals surface area contributed by atoms with Crippen molar-refractivity contribution < 1.29 is 4.39 Å². The van der Waals surface area contributed by atoms with E-state index >= 15 is 0 Å². The molecule has 0 saturated carbocycles. The molecule has 0 bridgehead atoms. The topological polar surface area (TPSA) is 23.8 Å². The van der Waals surface area contributed by atoms with Gasteiger partial charge in [0.25, 0.3) is 0 Å². The van der Waals surface area contributed by atoms with Crippen LogP contribution < -0.4 is 0 Å². The van der Waals surface area contributed by atoms with Gasteiger partial charge in [0.15, 0.2) is 0 Å². The lowest BCUT2D eigenvalue weighted by atomic mass is 10.0. The quantitative estimate of drug-likeness (QED) is 0.657. The molecule has 0 radical (unpaired) electrons. The molecule has 0 aliphatic carbocycles. The molecule has 1 aromatic carbocycles. The third-order valence-corrected chi connectivity index (χ3v) is 1.84. The number of rotatable bonds is 2. The van der Waals surface area contributed by atoms with Crippen molar-refractivity contribution in [3.8, 4) is 6.07 Å². The first-order valence-electron chi connectivity index (χ1n) is 3.79. The molecule has 12 heavy (non-hydrogen) atoms. The van der Waals surface area contributed by atoms with Crippen molar-refractivity contribution >= 4 is 0 Å². The molecule has 0 aliphatic heterocycles. The molecule has 2 heteroatoms. The predicted molar refractivity (Wildman–Crippen MR) is 45.3 cm³/mol. The van der Waals surface area contributed by atoms with Crippen LogP contribution in [0.1, 0.15) is 16.7 Å². The van der Waals surface area contributed by atoms with Crippen LogP contribution >= 0.6 is 0 Å².